The molecule has 0 saturated carbocycles. The number of fused-ring (bicyclic) bond motifs is 11. The molecule has 0 saturated heterocycles. The first-order chi connectivity index (χ1) is 40.6. The Morgan fingerprint density at radius 2 is 0.814 bits per heavy atom. The van der Waals surface area contributed by atoms with Gasteiger partial charge in [-0.25, -0.2) is 0 Å². The lowest BCUT2D eigenvalue weighted by Crippen LogP contribution is -2.59. The maximum atomic E-state index is 7.62. The molecule has 86 heavy (non-hydrogen) atoms. The maximum absolute atomic E-state index is 7.62. The number of ether oxygens (including phenoxy) is 1. The highest BCUT2D eigenvalue weighted by Gasteiger charge is 2.45. The van der Waals surface area contributed by atoms with Gasteiger partial charge in [0.1, 0.15) is 11.5 Å². The summed E-state index contributed by atoms with van der Waals surface area (Å²) in [6, 6.07) is 77.7. The van der Waals surface area contributed by atoms with E-state index in [1.165, 1.54) is 88.5 Å². The predicted molar refractivity (Wildman–Crippen MR) is 369 cm³/mol. The van der Waals surface area contributed by atoms with Gasteiger partial charge in [0, 0.05) is 39.3 Å². The number of rotatable bonds is 4. The van der Waals surface area contributed by atoms with Crippen LogP contribution in [0.5, 0.6) is 11.5 Å². The van der Waals surface area contributed by atoms with Crippen molar-refractivity contribution >= 4 is 62.0 Å². The minimum atomic E-state index is -0.283. The molecule has 3 aliphatic heterocycles. The molecule has 4 heterocycles. The van der Waals surface area contributed by atoms with Gasteiger partial charge in [-0.1, -0.05) is 275 Å². The Hall–Kier alpha value is -8.34. The van der Waals surface area contributed by atoms with Crippen molar-refractivity contribution in [3.8, 4) is 61.7 Å². The van der Waals surface area contributed by atoms with Crippen molar-refractivity contribution in [2.24, 2.45) is 0 Å². The van der Waals surface area contributed by atoms with Gasteiger partial charge >= 0.3 is 0 Å². The Morgan fingerprint density at radius 3 is 1.30 bits per heavy atom. The van der Waals surface area contributed by atoms with Gasteiger partial charge in [0.2, 0.25) is 0 Å². The van der Waals surface area contributed by atoms with Crippen molar-refractivity contribution < 1.29 is 4.74 Å². The third kappa shape index (κ3) is 8.82. The van der Waals surface area contributed by atoms with Crippen LogP contribution in [0, 0.1) is 0 Å². The van der Waals surface area contributed by atoms with E-state index >= 15 is 0 Å². The van der Waals surface area contributed by atoms with Crippen LogP contribution in [0.1, 0.15) is 144 Å². The molecule has 0 amide bonds. The van der Waals surface area contributed by atoms with Crippen LogP contribution in [-0.2, 0) is 32.5 Å². The first-order valence-electron chi connectivity index (χ1n) is 31.3. The van der Waals surface area contributed by atoms with Crippen LogP contribution in [-0.4, -0.2) is 11.3 Å². The van der Waals surface area contributed by atoms with Crippen LogP contribution in [0.4, 0.5) is 17.1 Å². The Kier molecular flexibility index (Phi) is 12.3. The smallest absolute Gasteiger partial charge is 0.256 e. The van der Waals surface area contributed by atoms with Crippen LogP contribution in [0.15, 0.2) is 200 Å². The first kappa shape index (κ1) is 55.5. The average molecular weight is 1120 g/mol. The first-order valence-corrected chi connectivity index (χ1v) is 31.3. The minimum absolute atomic E-state index is 0.00639. The molecular formula is C82H81BN2O. The summed E-state index contributed by atoms with van der Waals surface area (Å²) in [5.74, 6) is 1.75. The number of para-hydroxylation sites is 3. The molecule has 8 bridgehead atoms. The molecular weight excluding hydrogens is 1040 g/mol. The molecule has 0 fully saturated rings. The second kappa shape index (κ2) is 19.1. The monoisotopic (exact) mass is 1120 g/mol. The van der Waals surface area contributed by atoms with E-state index in [9.17, 15) is 0 Å². The fourth-order valence-electron chi connectivity index (χ4n) is 14.1. The minimum Gasteiger partial charge on any atom is -0.458 e. The summed E-state index contributed by atoms with van der Waals surface area (Å²) in [5, 5.41) is 2.44. The van der Waals surface area contributed by atoms with Crippen LogP contribution in [0.25, 0.3) is 72.0 Å². The number of hydrogen-bond donors (Lipinski definition) is 0. The van der Waals surface area contributed by atoms with Gasteiger partial charge in [-0.3, -0.25) is 0 Å². The van der Waals surface area contributed by atoms with E-state index in [0.29, 0.717) is 0 Å². The molecule has 0 aliphatic carbocycles. The Morgan fingerprint density at radius 1 is 0.360 bits per heavy atom. The average Bonchev–Trinajstić information content (AvgIpc) is 0.856. The largest absolute Gasteiger partial charge is 0.458 e. The molecule has 3 nitrogen and oxygen atoms in total. The van der Waals surface area contributed by atoms with E-state index in [2.05, 4.69) is 320 Å². The van der Waals surface area contributed by atoms with Crippen molar-refractivity contribution in [3.63, 3.8) is 0 Å². The van der Waals surface area contributed by atoms with Gasteiger partial charge in [0.05, 0.1) is 22.4 Å². The van der Waals surface area contributed by atoms with Crippen LogP contribution >= 0.6 is 0 Å². The lowest BCUT2D eigenvalue weighted by Gasteiger charge is -2.44. The second-order valence-electron chi connectivity index (χ2n) is 30.3. The van der Waals surface area contributed by atoms with Crippen LogP contribution in [0.2, 0.25) is 0 Å². The highest BCUT2D eigenvalue weighted by molar-refractivity contribution is 6.99. The zero-order valence-corrected chi connectivity index (χ0v) is 53.4. The molecule has 11 aromatic rings. The van der Waals surface area contributed by atoms with Gasteiger partial charge in [-0.2, -0.15) is 0 Å². The number of nitrogens with zero attached hydrogens (tertiary/aromatic N) is 2. The number of benzene rings is 10. The fourth-order valence-corrected chi connectivity index (χ4v) is 14.1. The molecule has 1 aromatic heterocycles. The molecule has 14 rings (SSSR count). The Bertz CT molecular complexity index is 4450. The number of aromatic nitrogens is 1. The zero-order valence-electron chi connectivity index (χ0n) is 53.4. The zero-order chi connectivity index (χ0) is 60.4. The molecule has 0 N–H and O–H groups in total. The van der Waals surface area contributed by atoms with Gasteiger partial charge in [0.25, 0.3) is 6.71 Å². The highest BCUT2D eigenvalue weighted by Crippen LogP contribution is 2.53. The summed E-state index contributed by atoms with van der Waals surface area (Å²) in [7, 11) is 0. The predicted octanol–water partition coefficient (Wildman–Crippen LogP) is 20.6. The summed E-state index contributed by atoms with van der Waals surface area (Å²) < 4.78 is 10.1. The van der Waals surface area contributed by atoms with E-state index in [1.54, 1.807) is 0 Å². The normalized spacial score (nSPS) is 15.0. The fraction of sp³-hybridized carbons (Fsp3) is 0.268. The second-order valence-corrected chi connectivity index (χ2v) is 30.3. The van der Waals surface area contributed by atoms with E-state index in [0.717, 1.165) is 61.9 Å². The summed E-state index contributed by atoms with van der Waals surface area (Å²) in [6.07, 6.45) is 0. The molecule has 0 atom stereocenters. The van der Waals surface area contributed by atoms with Crippen LogP contribution < -0.4 is 26.0 Å². The SMILES string of the molecule is CC(C)(C)c1ccc(-c2cccc(-c3ccc(C(C)(C)C)cc3)c2N2c3ccc4cc3B3c5cc(ccc5Oc5cc(-n6c7ccccc7c7ccccc76)cc2c53)-c2cc(C(C)(C)C)cc(c2)C(C)(C)C(C)(C)c2cc-4cc(C(C)(C)C)c2)cc1. The van der Waals surface area contributed by atoms with E-state index in [-0.39, 0.29) is 39.2 Å². The quantitative estimate of drug-likeness (QED) is 0.163. The molecule has 428 valence electrons. The summed E-state index contributed by atoms with van der Waals surface area (Å²) in [4.78, 5) is 2.64. The Labute approximate surface area is 511 Å². The lowest BCUT2D eigenvalue weighted by atomic mass is 9.34. The molecule has 0 unspecified atom stereocenters. The third-order valence-corrected chi connectivity index (χ3v) is 20.2. The summed E-state index contributed by atoms with van der Waals surface area (Å²) in [6.45, 7) is 37.7. The Balaban J connectivity index is 1.14. The maximum Gasteiger partial charge on any atom is 0.256 e. The van der Waals surface area contributed by atoms with E-state index in [1.807, 2.05) is 0 Å². The molecule has 4 heteroatoms. The summed E-state index contributed by atoms with van der Waals surface area (Å²) in [5.41, 5.74) is 27.0. The van der Waals surface area contributed by atoms with E-state index in [4.69, 9.17) is 4.74 Å². The molecule has 10 aromatic carbocycles. The van der Waals surface area contributed by atoms with Gasteiger partial charge < -0.3 is 14.2 Å². The third-order valence-electron chi connectivity index (χ3n) is 20.2. The van der Waals surface area contributed by atoms with Crippen molar-refractivity contribution in [2.45, 2.75) is 143 Å². The van der Waals surface area contributed by atoms with Crippen LogP contribution in [0.3, 0.4) is 0 Å². The van der Waals surface area contributed by atoms with E-state index < -0.39 is 0 Å². The highest BCUT2D eigenvalue weighted by atomic mass is 16.5. The topological polar surface area (TPSA) is 17.4 Å². The standard InChI is InChI=1S/C82H81BN2O/c1-77(2,3)56-34-28-50(29-35-56)63-24-21-25-64(51-30-36-57(37-31-51)78(4,5)6)76(63)85-71-38-32-52-44-67(71)83-68-45-53(55-41-59(80(10,11)12)47-61(43-55)82(15,16)81(13,14)60-42-54(52)40-58(46-60)79(7,8)9)33-39-73(68)86-74-49-62(48-72(85)75(74)83)84-69-26-19-17-22-65(69)66-23-18-20-27-70(66)84/h17-49H,1-16H3. The van der Waals surface area contributed by atoms with Gasteiger partial charge in [-0.05, 0) is 146 Å². The molecule has 0 spiro atoms. The van der Waals surface area contributed by atoms with Crippen molar-refractivity contribution in [1.29, 1.82) is 0 Å². The summed E-state index contributed by atoms with van der Waals surface area (Å²) >= 11 is 0. The van der Waals surface area contributed by atoms with Gasteiger partial charge in [-0.15, -0.1) is 0 Å². The number of hydrogen-bond acceptors (Lipinski definition) is 2. The molecule has 3 aliphatic rings. The van der Waals surface area contributed by atoms with Crippen molar-refractivity contribution in [1.82, 2.24) is 4.57 Å². The lowest BCUT2D eigenvalue weighted by molar-refractivity contribution is 0.302. The van der Waals surface area contributed by atoms with Crippen molar-refractivity contribution in [3.05, 3.63) is 234 Å². The van der Waals surface area contributed by atoms with Crippen molar-refractivity contribution in [2.75, 3.05) is 4.90 Å². The molecule has 0 radical (unpaired) electrons. The number of anilines is 3. The van der Waals surface area contributed by atoms with Gasteiger partial charge in [0.15, 0.2) is 0 Å².